The van der Waals surface area contributed by atoms with Crippen LogP contribution >= 0.6 is 0 Å². The number of aryl methyl sites for hydroxylation is 1. The number of ketones is 1. The number of pyridine rings is 1. The first-order chi connectivity index (χ1) is 18.8. The van der Waals surface area contributed by atoms with Crippen molar-refractivity contribution < 1.29 is 4.79 Å². The molecule has 0 atom stereocenters. The number of carbonyl (C=O) groups is 1. The van der Waals surface area contributed by atoms with E-state index in [1.54, 1.807) is 6.92 Å². The molecule has 3 heterocycles. The highest BCUT2D eigenvalue weighted by atomic mass is 16.1. The van der Waals surface area contributed by atoms with Crippen LogP contribution < -0.4 is 10.2 Å². The van der Waals surface area contributed by atoms with Crippen LogP contribution in [0.5, 0.6) is 0 Å². The van der Waals surface area contributed by atoms with Gasteiger partial charge in [-0.3, -0.25) is 9.36 Å². The van der Waals surface area contributed by atoms with E-state index in [-0.39, 0.29) is 5.78 Å². The zero-order valence-corrected chi connectivity index (χ0v) is 24.7. The van der Waals surface area contributed by atoms with Gasteiger partial charge in [0.1, 0.15) is 11.3 Å². The summed E-state index contributed by atoms with van der Waals surface area (Å²) in [6.07, 6.45) is 7.33. The molecule has 1 aromatic carbocycles. The molecule has 1 aliphatic heterocycles. The Kier molecular flexibility index (Phi) is 10.4. The summed E-state index contributed by atoms with van der Waals surface area (Å²) >= 11 is 0. The Morgan fingerprint density at radius 1 is 0.897 bits per heavy atom. The van der Waals surface area contributed by atoms with E-state index in [4.69, 9.17) is 9.97 Å². The number of fused-ring (bicyclic) bond motifs is 1. The molecule has 4 rings (SSSR count). The molecule has 0 aliphatic carbocycles. The van der Waals surface area contributed by atoms with Crippen LogP contribution in [0.2, 0.25) is 0 Å². The molecule has 1 fully saturated rings. The quantitative estimate of drug-likeness (QED) is 0.222. The van der Waals surface area contributed by atoms with Gasteiger partial charge in [0, 0.05) is 30.9 Å². The summed E-state index contributed by atoms with van der Waals surface area (Å²) < 4.78 is 2.25. The minimum atomic E-state index is 0.0720. The lowest BCUT2D eigenvalue weighted by atomic mass is 10.1. The molecule has 7 heteroatoms. The van der Waals surface area contributed by atoms with Gasteiger partial charge in [-0.2, -0.15) is 0 Å². The van der Waals surface area contributed by atoms with Crippen molar-refractivity contribution in [1.29, 1.82) is 0 Å². The number of nitrogens with one attached hydrogen (secondary N) is 1. The number of hydrogen-bond donors (Lipinski definition) is 1. The third kappa shape index (κ3) is 8.28. The monoisotopic (exact) mass is 532 g/mol. The van der Waals surface area contributed by atoms with Gasteiger partial charge in [0.05, 0.1) is 0 Å². The van der Waals surface area contributed by atoms with Crippen LogP contribution in [0.25, 0.3) is 11.2 Å². The molecular weight excluding hydrogens is 484 g/mol. The Labute approximate surface area is 235 Å². The highest BCUT2D eigenvalue weighted by Crippen LogP contribution is 2.26. The van der Waals surface area contributed by atoms with Crippen molar-refractivity contribution in [2.24, 2.45) is 11.8 Å². The Hall–Kier alpha value is -2.93. The molecule has 0 amide bonds. The van der Waals surface area contributed by atoms with Gasteiger partial charge in [0.2, 0.25) is 5.95 Å². The first-order valence-electron chi connectivity index (χ1n) is 15.0. The van der Waals surface area contributed by atoms with Crippen molar-refractivity contribution in [2.45, 2.75) is 79.7 Å². The topological polar surface area (TPSA) is 66.3 Å². The number of carbonyl (C=O) groups excluding carboxylic acids is 1. The second-order valence-electron chi connectivity index (χ2n) is 12.0. The van der Waals surface area contributed by atoms with Gasteiger partial charge in [0.25, 0.3) is 0 Å². The number of Topliss-reactive ketones (excluding diaryl/α,β-unsaturated/α-hetero) is 1. The van der Waals surface area contributed by atoms with Gasteiger partial charge in [-0.1, -0.05) is 34.1 Å². The number of piperidine rings is 1. The fourth-order valence-electron chi connectivity index (χ4n) is 5.20. The number of hydrogen-bond acceptors (Lipinski definition) is 6. The van der Waals surface area contributed by atoms with Crippen molar-refractivity contribution in [3.63, 3.8) is 0 Å². The van der Waals surface area contributed by atoms with Crippen LogP contribution in [0.1, 0.15) is 83.5 Å². The average Bonchev–Trinajstić information content (AvgIpc) is 3.25. The lowest BCUT2D eigenvalue weighted by Crippen LogP contribution is -2.31. The third-order valence-corrected chi connectivity index (χ3v) is 7.71. The summed E-state index contributed by atoms with van der Waals surface area (Å²) in [5.41, 5.74) is 3.48. The summed E-state index contributed by atoms with van der Waals surface area (Å²) in [5, 5.41) is 3.52. The van der Waals surface area contributed by atoms with Crippen molar-refractivity contribution >= 4 is 34.4 Å². The zero-order valence-electron chi connectivity index (χ0n) is 24.7. The minimum Gasteiger partial charge on any atom is -0.357 e. The minimum absolute atomic E-state index is 0.0720. The third-order valence-electron chi connectivity index (χ3n) is 7.71. The lowest BCUT2D eigenvalue weighted by molar-refractivity contribution is 0.101. The molecule has 0 unspecified atom stereocenters. The maximum atomic E-state index is 11.7. The maximum Gasteiger partial charge on any atom is 0.209 e. The van der Waals surface area contributed by atoms with Crippen LogP contribution in [0.4, 0.5) is 17.5 Å². The molecule has 3 aromatic rings. The van der Waals surface area contributed by atoms with Crippen molar-refractivity contribution in [3.8, 4) is 0 Å². The molecule has 1 saturated heterocycles. The van der Waals surface area contributed by atoms with Gasteiger partial charge >= 0.3 is 0 Å². The second kappa shape index (κ2) is 13.9. The summed E-state index contributed by atoms with van der Waals surface area (Å²) in [4.78, 5) is 27.0. The van der Waals surface area contributed by atoms with Gasteiger partial charge in [-0.05, 0) is 107 Å². The van der Waals surface area contributed by atoms with E-state index in [2.05, 4.69) is 59.5 Å². The van der Waals surface area contributed by atoms with Crippen molar-refractivity contribution in [3.05, 3.63) is 42.0 Å². The Morgan fingerprint density at radius 3 is 2.18 bits per heavy atom. The highest BCUT2D eigenvalue weighted by molar-refractivity contribution is 5.94. The first kappa shape index (κ1) is 29.1. The molecule has 0 spiro atoms. The zero-order chi connectivity index (χ0) is 27.8. The molecule has 0 saturated carbocycles. The smallest absolute Gasteiger partial charge is 0.209 e. The fraction of sp³-hybridized carbons (Fsp3) is 0.594. The number of imidazole rings is 1. The SMILES string of the molecule is CC(=O)c1ccc(Nc2nc3ccc(N(CCC(C)C)CCC(C)C)nc3n2CCCN2CCCCC2)cc1. The van der Waals surface area contributed by atoms with E-state index in [0.29, 0.717) is 17.4 Å². The molecule has 0 bridgehead atoms. The molecule has 0 radical (unpaired) electrons. The molecule has 7 nitrogen and oxygen atoms in total. The molecule has 1 aliphatic rings. The normalized spacial score (nSPS) is 14.4. The Morgan fingerprint density at radius 2 is 1.56 bits per heavy atom. The van der Waals surface area contributed by atoms with E-state index < -0.39 is 0 Å². The van der Waals surface area contributed by atoms with Gasteiger partial charge in [-0.25, -0.2) is 9.97 Å². The van der Waals surface area contributed by atoms with E-state index in [9.17, 15) is 4.79 Å². The van der Waals surface area contributed by atoms with Gasteiger partial charge < -0.3 is 15.1 Å². The van der Waals surface area contributed by atoms with Crippen LogP contribution in [0, 0.1) is 11.8 Å². The predicted molar refractivity (Wildman–Crippen MR) is 163 cm³/mol. The summed E-state index contributed by atoms with van der Waals surface area (Å²) in [7, 11) is 0. The number of aromatic nitrogens is 3. The molecule has 212 valence electrons. The highest BCUT2D eigenvalue weighted by Gasteiger charge is 2.17. The van der Waals surface area contributed by atoms with E-state index in [1.165, 1.54) is 32.4 Å². The maximum absolute atomic E-state index is 11.7. The average molecular weight is 533 g/mol. The summed E-state index contributed by atoms with van der Waals surface area (Å²) in [6, 6.07) is 11.9. The molecule has 1 N–H and O–H groups in total. The Balaban J connectivity index is 1.62. The van der Waals surface area contributed by atoms with Crippen LogP contribution in [0.15, 0.2) is 36.4 Å². The van der Waals surface area contributed by atoms with E-state index >= 15 is 0 Å². The number of anilines is 3. The van der Waals surface area contributed by atoms with Gasteiger partial charge in [-0.15, -0.1) is 0 Å². The van der Waals surface area contributed by atoms with Gasteiger partial charge in [0.15, 0.2) is 11.4 Å². The lowest BCUT2D eigenvalue weighted by Gasteiger charge is -2.26. The van der Waals surface area contributed by atoms with Crippen LogP contribution in [-0.4, -0.2) is 57.9 Å². The fourth-order valence-corrected chi connectivity index (χ4v) is 5.20. The largest absolute Gasteiger partial charge is 0.357 e. The number of benzene rings is 1. The first-order valence-corrected chi connectivity index (χ1v) is 15.0. The van der Waals surface area contributed by atoms with E-state index in [1.807, 2.05) is 24.3 Å². The number of nitrogens with zero attached hydrogens (tertiary/aromatic N) is 5. The molecule has 39 heavy (non-hydrogen) atoms. The predicted octanol–water partition coefficient (Wildman–Crippen LogP) is 7.15. The molecular formula is C32H48N6O. The summed E-state index contributed by atoms with van der Waals surface area (Å²) in [6.45, 7) is 17.1. The number of likely N-dealkylation sites (tertiary alicyclic amines) is 1. The van der Waals surface area contributed by atoms with E-state index in [0.717, 1.165) is 74.1 Å². The summed E-state index contributed by atoms with van der Waals surface area (Å²) in [5.74, 6) is 3.22. The Bertz CT molecular complexity index is 1180. The van der Waals surface area contributed by atoms with Crippen LogP contribution in [-0.2, 0) is 6.54 Å². The van der Waals surface area contributed by atoms with Crippen LogP contribution in [0.3, 0.4) is 0 Å². The second-order valence-corrected chi connectivity index (χ2v) is 12.0. The van der Waals surface area contributed by atoms with Crippen molar-refractivity contribution in [1.82, 2.24) is 19.4 Å². The van der Waals surface area contributed by atoms with Crippen molar-refractivity contribution in [2.75, 3.05) is 42.9 Å². The molecule has 2 aromatic heterocycles. The standard InChI is InChI=1S/C32H48N6O/c1-24(2)16-22-37(23-17-25(3)4)30-15-14-29-31(35-30)38(21-9-20-36-18-7-6-8-19-36)32(34-29)33-28-12-10-27(11-13-28)26(5)39/h10-15,24-25H,6-9,16-23H2,1-5H3,(H,33,34). The number of rotatable bonds is 14.